The highest BCUT2D eigenvalue weighted by molar-refractivity contribution is 5.49. The van der Waals surface area contributed by atoms with Crippen LogP contribution in [0.3, 0.4) is 0 Å². The van der Waals surface area contributed by atoms with Crippen molar-refractivity contribution in [3.63, 3.8) is 0 Å². The fraction of sp³-hybridized carbons (Fsp3) is 0.625. The van der Waals surface area contributed by atoms with Crippen molar-refractivity contribution in [2.75, 3.05) is 4.90 Å². The van der Waals surface area contributed by atoms with Crippen LogP contribution in [0.2, 0.25) is 0 Å². The molecule has 0 bridgehead atoms. The minimum atomic E-state index is 0.558. The molecule has 1 aromatic rings. The van der Waals surface area contributed by atoms with Gasteiger partial charge in [0, 0.05) is 17.8 Å². The summed E-state index contributed by atoms with van der Waals surface area (Å²) in [5.41, 5.74) is 2.66. The summed E-state index contributed by atoms with van der Waals surface area (Å²) in [6, 6.07) is 9.98. The van der Waals surface area contributed by atoms with Crippen molar-refractivity contribution in [1.82, 2.24) is 0 Å². The molecule has 0 radical (unpaired) electrons. The zero-order chi connectivity index (χ0) is 13.4. The molecule has 98 valence electrons. The van der Waals surface area contributed by atoms with Crippen LogP contribution in [-0.2, 0) is 0 Å². The first-order valence-electron chi connectivity index (χ1n) is 6.91. The van der Waals surface area contributed by atoms with E-state index in [0.29, 0.717) is 12.1 Å². The van der Waals surface area contributed by atoms with Gasteiger partial charge in [0.2, 0.25) is 0 Å². The highest BCUT2D eigenvalue weighted by Crippen LogP contribution is 2.21. The number of hydrogen-bond donors (Lipinski definition) is 0. The van der Waals surface area contributed by atoms with E-state index in [1.54, 1.807) is 0 Å². The molecule has 1 heteroatoms. The summed E-state index contributed by atoms with van der Waals surface area (Å²) in [5, 5.41) is 0. The zero-order valence-electron chi connectivity index (χ0n) is 12.6. The Hall–Kier alpha value is -0.980. The topological polar surface area (TPSA) is 3.24 Å². The number of rotatable bonds is 4. The van der Waals surface area contributed by atoms with Gasteiger partial charge in [0.15, 0.2) is 0 Å². The van der Waals surface area contributed by atoms with Gasteiger partial charge in [-0.05, 0) is 46.2 Å². The van der Waals surface area contributed by atoms with Gasteiger partial charge < -0.3 is 4.90 Å². The van der Waals surface area contributed by atoms with Crippen molar-refractivity contribution in [2.24, 2.45) is 0 Å². The minimum Gasteiger partial charge on any atom is -0.366 e. The largest absolute Gasteiger partial charge is 0.366 e. The summed E-state index contributed by atoms with van der Waals surface area (Å²) in [4.78, 5) is 2.49. The lowest BCUT2D eigenvalue weighted by atomic mass is 10.1. The molecule has 0 spiro atoms. The van der Waals surface area contributed by atoms with Crippen LogP contribution in [0.5, 0.6) is 0 Å². The van der Waals surface area contributed by atoms with E-state index in [1.807, 2.05) is 13.8 Å². The lowest BCUT2D eigenvalue weighted by Gasteiger charge is -2.34. The average Bonchev–Trinajstić information content (AvgIpc) is 2.34. The van der Waals surface area contributed by atoms with Crippen molar-refractivity contribution < 1.29 is 0 Å². The van der Waals surface area contributed by atoms with E-state index in [1.165, 1.54) is 17.7 Å². The molecule has 0 amide bonds. The smallest absolute Gasteiger partial charge is 0.0371 e. The van der Waals surface area contributed by atoms with Crippen molar-refractivity contribution >= 4 is 5.69 Å². The van der Waals surface area contributed by atoms with Crippen LogP contribution >= 0.6 is 0 Å². The van der Waals surface area contributed by atoms with Gasteiger partial charge in [0.1, 0.15) is 0 Å². The molecule has 0 fully saturated rings. The van der Waals surface area contributed by atoms with E-state index in [-0.39, 0.29) is 0 Å². The van der Waals surface area contributed by atoms with E-state index in [2.05, 4.69) is 63.8 Å². The summed E-state index contributed by atoms with van der Waals surface area (Å²) in [5.74, 6) is 0. The van der Waals surface area contributed by atoms with Crippen LogP contribution in [0, 0.1) is 6.92 Å². The summed E-state index contributed by atoms with van der Waals surface area (Å²) in [6.45, 7) is 15.2. The highest BCUT2D eigenvalue weighted by atomic mass is 15.2. The minimum absolute atomic E-state index is 0.558. The molecular weight excluding hydrogens is 206 g/mol. The van der Waals surface area contributed by atoms with Crippen LogP contribution in [0.1, 0.15) is 53.5 Å². The Morgan fingerprint density at radius 3 is 1.82 bits per heavy atom. The Labute approximate surface area is 108 Å². The second-order valence-corrected chi connectivity index (χ2v) is 4.59. The summed E-state index contributed by atoms with van der Waals surface area (Å²) < 4.78 is 0. The first kappa shape index (κ1) is 16.0. The molecule has 0 N–H and O–H groups in total. The Bertz CT molecular complexity index is 287. The Kier molecular flexibility index (Phi) is 7.69. The molecule has 0 aliphatic carbocycles. The fourth-order valence-electron chi connectivity index (χ4n) is 1.98. The van der Waals surface area contributed by atoms with E-state index in [9.17, 15) is 0 Å². The maximum absolute atomic E-state index is 2.49. The predicted octanol–water partition coefficient (Wildman–Crippen LogP) is 5.03. The van der Waals surface area contributed by atoms with Crippen LogP contribution < -0.4 is 4.90 Å². The van der Waals surface area contributed by atoms with Crippen molar-refractivity contribution in [3.8, 4) is 0 Å². The van der Waals surface area contributed by atoms with Crippen molar-refractivity contribution in [1.29, 1.82) is 0 Å². The molecule has 1 aromatic carbocycles. The molecule has 1 unspecified atom stereocenters. The number of hydrogen-bond acceptors (Lipinski definition) is 1. The lowest BCUT2D eigenvalue weighted by molar-refractivity contribution is 0.561. The molecule has 0 heterocycles. The summed E-state index contributed by atoms with van der Waals surface area (Å²) in [7, 11) is 0. The number of anilines is 1. The molecule has 0 aliphatic rings. The van der Waals surface area contributed by atoms with Gasteiger partial charge in [-0.25, -0.2) is 0 Å². The van der Waals surface area contributed by atoms with Crippen LogP contribution in [0.4, 0.5) is 5.69 Å². The first-order chi connectivity index (χ1) is 8.06. The third-order valence-electron chi connectivity index (χ3n) is 2.95. The van der Waals surface area contributed by atoms with Gasteiger partial charge in [-0.3, -0.25) is 0 Å². The average molecular weight is 235 g/mol. The molecule has 0 aliphatic heterocycles. The standard InChI is InChI=1S/C14H23N.C2H6/c1-6-13(5)15(11(2)3)14-9-7-12(4)8-10-14;1-2/h7-11,13H,6H2,1-5H3;1-2H3. The monoisotopic (exact) mass is 235 g/mol. The van der Waals surface area contributed by atoms with Gasteiger partial charge >= 0.3 is 0 Å². The third kappa shape index (κ3) is 4.80. The second kappa shape index (κ2) is 8.16. The van der Waals surface area contributed by atoms with Crippen LogP contribution in [0.25, 0.3) is 0 Å². The SMILES string of the molecule is CC.CCC(C)N(c1ccc(C)cc1)C(C)C. The maximum Gasteiger partial charge on any atom is 0.0371 e. The van der Waals surface area contributed by atoms with Crippen LogP contribution in [0.15, 0.2) is 24.3 Å². The lowest BCUT2D eigenvalue weighted by Crippen LogP contribution is -2.38. The van der Waals surface area contributed by atoms with Crippen molar-refractivity contribution in [2.45, 2.75) is 67.0 Å². The van der Waals surface area contributed by atoms with E-state index < -0.39 is 0 Å². The number of nitrogens with zero attached hydrogens (tertiary/aromatic N) is 1. The number of aryl methyl sites for hydroxylation is 1. The number of benzene rings is 1. The molecule has 0 saturated carbocycles. The molecule has 0 aromatic heterocycles. The van der Waals surface area contributed by atoms with E-state index in [0.717, 1.165) is 0 Å². The Morgan fingerprint density at radius 1 is 1.00 bits per heavy atom. The Balaban J connectivity index is 0.00000121. The van der Waals surface area contributed by atoms with E-state index in [4.69, 9.17) is 0 Å². The van der Waals surface area contributed by atoms with Gasteiger partial charge in [-0.15, -0.1) is 0 Å². The van der Waals surface area contributed by atoms with Crippen LogP contribution in [-0.4, -0.2) is 12.1 Å². The molecule has 1 rings (SSSR count). The Morgan fingerprint density at radius 2 is 1.47 bits per heavy atom. The van der Waals surface area contributed by atoms with E-state index >= 15 is 0 Å². The molecular formula is C16H29N. The molecule has 0 saturated heterocycles. The van der Waals surface area contributed by atoms with Gasteiger partial charge in [-0.2, -0.15) is 0 Å². The third-order valence-corrected chi connectivity index (χ3v) is 2.95. The van der Waals surface area contributed by atoms with Crippen molar-refractivity contribution in [3.05, 3.63) is 29.8 Å². The zero-order valence-corrected chi connectivity index (χ0v) is 12.6. The van der Waals surface area contributed by atoms with Gasteiger partial charge in [-0.1, -0.05) is 38.5 Å². The summed E-state index contributed by atoms with van der Waals surface area (Å²) >= 11 is 0. The quantitative estimate of drug-likeness (QED) is 0.707. The predicted molar refractivity (Wildman–Crippen MR) is 79.9 cm³/mol. The van der Waals surface area contributed by atoms with Gasteiger partial charge in [0.25, 0.3) is 0 Å². The highest BCUT2D eigenvalue weighted by Gasteiger charge is 2.15. The first-order valence-corrected chi connectivity index (χ1v) is 6.91. The summed E-state index contributed by atoms with van der Waals surface area (Å²) in [6.07, 6.45) is 1.19. The molecule has 17 heavy (non-hydrogen) atoms. The maximum atomic E-state index is 2.49. The fourth-order valence-corrected chi connectivity index (χ4v) is 1.98. The molecule has 1 nitrogen and oxygen atoms in total. The normalized spacial score (nSPS) is 11.8. The van der Waals surface area contributed by atoms with Gasteiger partial charge in [0.05, 0.1) is 0 Å². The molecule has 1 atom stereocenters. The second-order valence-electron chi connectivity index (χ2n) is 4.59.